The molecule has 18 heavy (non-hydrogen) atoms. The minimum Gasteiger partial charge on any atom is -0.493 e. The van der Waals surface area contributed by atoms with Gasteiger partial charge < -0.3 is 14.8 Å². The maximum absolute atomic E-state index is 5.83. The highest BCUT2D eigenvalue weighted by Gasteiger charge is 2.11. The first-order chi connectivity index (χ1) is 8.81. The van der Waals surface area contributed by atoms with Gasteiger partial charge in [-0.1, -0.05) is 6.07 Å². The van der Waals surface area contributed by atoms with Crippen LogP contribution in [0.25, 0.3) is 0 Å². The van der Waals surface area contributed by atoms with Gasteiger partial charge in [0.1, 0.15) is 6.61 Å². The topological polar surface area (TPSA) is 33.7 Å². The fourth-order valence-electron chi connectivity index (χ4n) is 2.00. The van der Waals surface area contributed by atoms with E-state index in [9.17, 15) is 0 Å². The zero-order chi connectivity index (χ0) is 12.8. The van der Waals surface area contributed by atoms with Gasteiger partial charge in [-0.3, -0.25) is 4.90 Å². The number of benzene rings is 1. The molecule has 1 heterocycles. The van der Waals surface area contributed by atoms with Crippen molar-refractivity contribution in [2.75, 3.05) is 46.4 Å². The Morgan fingerprint density at radius 1 is 1.33 bits per heavy atom. The third-order valence-electron chi connectivity index (χ3n) is 3.01. The van der Waals surface area contributed by atoms with Crippen molar-refractivity contribution >= 4 is 15.9 Å². The van der Waals surface area contributed by atoms with Crippen LogP contribution in [-0.4, -0.2) is 51.3 Å². The number of hydrogen-bond donors (Lipinski definition) is 1. The zero-order valence-corrected chi connectivity index (χ0v) is 12.2. The summed E-state index contributed by atoms with van der Waals surface area (Å²) in [5.41, 5.74) is 0. The summed E-state index contributed by atoms with van der Waals surface area (Å²) in [6.07, 6.45) is 0. The summed E-state index contributed by atoms with van der Waals surface area (Å²) >= 11 is 3.49. The van der Waals surface area contributed by atoms with E-state index in [2.05, 4.69) is 26.1 Å². The molecule has 5 heteroatoms. The molecule has 1 aromatic carbocycles. The van der Waals surface area contributed by atoms with Gasteiger partial charge in [0.2, 0.25) is 0 Å². The number of piperazine rings is 1. The number of hydrogen-bond acceptors (Lipinski definition) is 4. The molecule has 4 nitrogen and oxygen atoms in total. The predicted octanol–water partition coefficient (Wildman–Crippen LogP) is 1.74. The van der Waals surface area contributed by atoms with Crippen LogP contribution in [-0.2, 0) is 0 Å². The first-order valence-corrected chi connectivity index (χ1v) is 6.99. The van der Waals surface area contributed by atoms with Crippen LogP contribution in [0.15, 0.2) is 22.7 Å². The van der Waals surface area contributed by atoms with E-state index in [0.717, 1.165) is 48.7 Å². The highest BCUT2D eigenvalue weighted by molar-refractivity contribution is 9.10. The highest BCUT2D eigenvalue weighted by Crippen LogP contribution is 2.34. The third-order valence-corrected chi connectivity index (χ3v) is 3.64. The number of nitrogens with one attached hydrogen (secondary N) is 1. The molecule has 1 saturated heterocycles. The molecule has 1 aliphatic rings. The molecule has 0 aromatic heterocycles. The lowest BCUT2D eigenvalue weighted by molar-refractivity contribution is 0.187. The standard InChI is InChI=1S/C13H19BrN2O2/c1-17-12-4-2-3-11(14)13(12)18-10-9-16-7-5-15-6-8-16/h2-4,15H,5-10H2,1H3. The minimum atomic E-state index is 0.680. The molecule has 0 saturated carbocycles. The van der Waals surface area contributed by atoms with Gasteiger partial charge in [0.25, 0.3) is 0 Å². The Hall–Kier alpha value is -0.780. The second-order valence-corrected chi connectivity index (χ2v) is 5.07. The van der Waals surface area contributed by atoms with E-state index in [-0.39, 0.29) is 0 Å². The Kier molecular flexibility index (Phi) is 5.28. The van der Waals surface area contributed by atoms with Gasteiger partial charge in [0.15, 0.2) is 11.5 Å². The number of halogens is 1. The molecular formula is C13H19BrN2O2. The molecule has 0 spiro atoms. The predicted molar refractivity (Wildman–Crippen MR) is 75.5 cm³/mol. The van der Waals surface area contributed by atoms with Gasteiger partial charge in [-0.25, -0.2) is 0 Å². The minimum absolute atomic E-state index is 0.680. The van der Waals surface area contributed by atoms with E-state index in [4.69, 9.17) is 9.47 Å². The quantitative estimate of drug-likeness (QED) is 0.897. The molecule has 100 valence electrons. The summed E-state index contributed by atoms with van der Waals surface area (Å²) in [4.78, 5) is 2.40. The number of para-hydroxylation sites is 1. The molecule has 2 rings (SSSR count). The van der Waals surface area contributed by atoms with Gasteiger partial charge in [0, 0.05) is 32.7 Å². The lowest BCUT2D eigenvalue weighted by Gasteiger charge is -2.27. The molecule has 0 amide bonds. The van der Waals surface area contributed by atoms with E-state index >= 15 is 0 Å². The Labute approximate surface area is 116 Å². The smallest absolute Gasteiger partial charge is 0.175 e. The number of methoxy groups -OCH3 is 1. The number of ether oxygens (including phenoxy) is 2. The number of nitrogens with zero attached hydrogens (tertiary/aromatic N) is 1. The van der Waals surface area contributed by atoms with Crippen LogP contribution in [0.4, 0.5) is 0 Å². The van der Waals surface area contributed by atoms with Gasteiger partial charge in [-0.2, -0.15) is 0 Å². The molecule has 1 fully saturated rings. The maximum atomic E-state index is 5.83. The monoisotopic (exact) mass is 314 g/mol. The Morgan fingerprint density at radius 2 is 2.11 bits per heavy atom. The van der Waals surface area contributed by atoms with Crippen molar-refractivity contribution in [3.8, 4) is 11.5 Å². The van der Waals surface area contributed by atoms with Crippen molar-refractivity contribution in [3.05, 3.63) is 22.7 Å². The van der Waals surface area contributed by atoms with E-state index in [1.54, 1.807) is 7.11 Å². The molecule has 0 aliphatic carbocycles. The Balaban J connectivity index is 1.85. The molecule has 1 N–H and O–H groups in total. The van der Waals surface area contributed by atoms with Crippen LogP contribution < -0.4 is 14.8 Å². The molecule has 1 aromatic rings. The second-order valence-electron chi connectivity index (χ2n) is 4.21. The van der Waals surface area contributed by atoms with Crippen LogP contribution in [0.5, 0.6) is 11.5 Å². The first kappa shape index (κ1) is 13.6. The molecule has 0 unspecified atom stereocenters. The summed E-state index contributed by atoms with van der Waals surface area (Å²) in [5.74, 6) is 1.56. The summed E-state index contributed by atoms with van der Waals surface area (Å²) in [7, 11) is 1.66. The summed E-state index contributed by atoms with van der Waals surface area (Å²) in [6, 6.07) is 5.81. The average Bonchev–Trinajstić information content (AvgIpc) is 2.41. The molecule has 0 atom stereocenters. The molecule has 0 bridgehead atoms. The first-order valence-electron chi connectivity index (χ1n) is 6.19. The van der Waals surface area contributed by atoms with E-state index < -0.39 is 0 Å². The molecular weight excluding hydrogens is 296 g/mol. The van der Waals surface area contributed by atoms with Gasteiger partial charge in [0.05, 0.1) is 11.6 Å². The van der Waals surface area contributed by atoms with Crippen molar-refractivity contribution in [2.24, 2.45) is 0 Å². The molecule has 1 aliphatic heterocycles. The van der Waals surface area contributed by atoms with Crippen molar-refractivity contribution in [1.29, 1.82) is 0 Å². The van der Waals surface area contributed by atoms with Crippen molar-refractivity contribution < 1.29 is 9.47 Å². The van der Waals surface area contributed by atoms with Gasteiger partial charge in [-0.15, -0.1) is 0 Å². The van der Waals surface area contributed by atoms with E-state index in [0.29, 0.717) is 6.61 Å². The van der Waals surface area contributed by atoms with Crippen LogP contribution in [0, 0.1) is 0 Å². The van der Waals surface area contributed by atoms with Crippen molar-refractivity contribution in [1.82, 2.24) is 10.2 Å². The van der Waals surface area contributed by atoms with E-state index in [1.807, 2.05) is 18.2 Å². The second kappa shape index (κ2) is 6.97. The SMILES string of the molecule is COc1cccc(Br)c1OCCN1CCNCC1. The van der Waals surface area contributed by atoms with Gasteiger partial charge >= 0.3 is 0 Å². The maximum Gasteiger partial charge on any atom is 0.175 e. The summed E-state index contributed by atoms with van der Waals surface area (Å²) < 4.78 is 12.1. The van der Waals surface area contributed by atoms with Gasteiger partial charge in [-0.05, 0) is 28.1 Å². The highest BCUT2D eigenvalue weighted by atomic mass is 79.9. The Bertz CT molecular complexity index is 381. The fourth-order valence-corrected chi connectivity index (χ4v) is 2.46. The lowest BCUT2D eigenvalue weighted by Crippen LogP contribution is -2.44. The van der Waals surface area contributed by atoms with Crippen LogP contribution in [0.2, 0.25) is 0 Å². The van der Waals surface area contributed by atoms with E-state index in [1.165, 1.54) is 0 Å². The fraction of sp³-hybridized carbons (Fsp3) is 0.538. The average molecular weight is 315 g/mol. The molecule has 0 radical (unpaired) electrons. The largest absolute Gasteiger partial charge is 0.493 e. The summed E-state index contributed by atoms with van der Waals surface area (Å²) in [5, 5.41) is 3.34. The third kappa shape index (κ3) is 3.60. The van der Waals surface area contributed by atoms with Crippen molar-refractivity contribution in [2.45, 2.75) is 0 Å². The summed E-state index contributed by atoms with van der Waals surface area (Å²) in [6.45, 7) is 5.95. The lowest BCUT2D eigenvalue weighted by atomic mass is 10.3. The van der Waals surface area contributed by atoms with Crippen molar-refractivity contribution in [3.63, 3.8) is 0 Å². The number of rotatable bonds is 5. The van der Waals surface area contributed by atoms with Crippen LogP contribution >= 0.6 is 15.9 Å². The van der Waals surface area contributed by atoms with Crippen LogP contribution in [0.3, 0.4) is 0 Å². The Morgan fingerprint density at radius 3 is 2.83 bits per heavy atom. The normalized spacial score (nSPS) is 16.6. The van der Waals surface area contributed by atoms with Crippen LogP contribution in [0.1, 0.15) is 0 Å². The zero-order valence-electron chi connectivity index (χ0n) is 10.6.